The summed E-state index contributed by atoms with van der Waals surface area (Å²) in [6.45, 7) is 2.01. The van der Waals surface area contributed by atoms with Crippen LogP contribution in [0.25, 0.3) is 0 Å². The van der Waals surface area contributed by atoms with Crippen LogP contribution in [0.5, 0.6) is 5.75 Å². The van der Waals surface area contributed by atoms with Gasteiger partial charge in [0.1, 0.15) is 5.75 Å². The number of ether oxygens (including phenoxy) is 1. The highest BCUT2D eigenvalue weighted by atomic mass is 16.5. The van der Waals surface area contributed by atoms with Gasteiger partial charge in [0.15, 0.2) is 11.6 Å². The zero-order chi connectivity index (χ0) is 16.2. The number of nitrogens with zero attached hydrogens (tertiary/aromatic N) is 2. The van der Waals surface area contributed by atoms with Crippen molar-refractivity contribution in [2.75, 3.05) is 17.7 Å². The highest BCUT2D eigenvalue weighted by Crippen LogP contribution is 2.29. The molecule has 2 N–H and O–H groups in total. The second kappa shape index (κ2) is 6.64. The average molecular weight is 312 g/mol. The lowest BCUT2D eigenvalue weighted by atomic mass is 9.85. The molecule has 0 atom stereocenters. The summed E-state index contributed by atoms with van der Waals surface area (Å²) in [6.07, 6.45) is 3.06. The summed E-state index contributed by atoms with van der Waals surface area (Å²) in [5, 5.41) is 14.1. The number of nitrogens with one attached hydrogen (secondary N) is 2. The van der Waals surface area contributed by atoms with Crippen LogP contribution in [-0.2, 0) is 4.79 Å². The van der Waals surface area contributed by atoms with Crippen molar-refractivity contribution in [3.05, 3.63) is 35.9 Å². The molecule has 0 unspecified atom stereocenters. The van der Waals surface area contributed by atoms with E-state index < -0.39 is 0 Å². The van der Waals surface area contributed by atoms with Crippen molar-refractivity contribution < 1.29 is 9.53 Å². The second-order valence-corrected chi connectivity index (χ2v) is 5.75. The van der Waals surface area contributed by atoms with Crippen LogP contribution in [0.4, 0.5) is 17.3 Å². The molecule has 1 aliphatic rings. The molecule has 1 fully saturated rings. The summed E-state index contributed by atoms with van der Waals surface area (Å²) >= 11 is 0. The van der Waals surface area contributed by atoms with Crippen molar-refractivity contribution in [2.45, 2.75) is 26.2 Å². The van der Waals surface area contributed by atoms with E-state index in [1.807, 2.05) is 25.1 Å². The number of carbonyl (C=O) groups is 1. The number of amides is 1. The maximum atomic E-state index is 11.9. The van der Waals surface area contributed by atoms with Gasteiger partial charge in [-0.25, -0.2) is 0 Å². The highest BCUT2D eigenvalue weighted by Gasteiger charge is 2.25. The van der Waals surface area contributed by atoms with E-state index in [9.17, 15) is 4.79 Å². The number of anilines is 3. The number of methoxy groups -OCH3 is 1. The molecular formula is C17H20N4O2. The molecule has 23 heavy (non-hydrogen) atoms. The molecule has 1 amide bonds. The molecule has 6 nitrogen and oxygen atoms in total. The van der Waals surface area contributed by atoms with Crippen molar-refractivity contribution >= 4 is 23.2 Å². The van der Waals surface area contributed by atoms with Gasteiger partial charge in [-0.05, 0) is 49.6 Å². The van der Waals surface area contributed by atoms with E-state index in [4.69, 9.17) is 4.74 Å². The van der Waals surface area contributed by atoms with Crippen molar-refractivity contribution in [3.63, 3.8) is 0 Å². The van der Waals surface area contributed by atoms with Crippen LogP contribution in [0.2, 0.25) is 0 Å². The van der Waals surface area contributed by atoms with Crippen molar-refractivity contribution in [3.8, 4) is 5.75 Å². The fourth-order valence-corrected chi connectivity index (χ4v) is 2.42. The summed E-state index contributed by atoms with van der Waals surface area (Å²) in [6, 6.07) is 9.39. The van der Waals surface area contributed by atoms with Crippen molar-refractivity contribution in [1.82, 2.24) is 10.2 Å². The third-order valence-corrected chi connectivity index (χ3v) is 4.01. The monoisotopic (exact) mass is 312 g/mol. The molecule has 2 aromatic rings. The Hall–Kier alpha value is -2.63. The first kappa shape index (κ1) is 15.3. The Kier molecular flexibility index (Phi) is 4.41. The molecular weight excluding hydrogens is 292 g/mol. The van der Waals surface area contributed by atoms with Crippen LogP contribution in [0.1, 0.15) is 24.8 Å². The smallest absolute Gasteiger partial charge is 0.228 e. The predicted molar refractivity (Wildman–Crippen MR) is 89.0 cm³/mol. The molecule has 1 heterocycles. The minimum atomic E-state index is 0.0339. The first-order chi connectivity index (χ1) is 11.2. The maximum absolute atomic E-state index is 11.9. The molecule has 1 aromatic carbocycles. The summed E-state index contributed by atoms with van der Waals surface area (Å²) in [4.78, 5) is 11.9. The van der Waals surface area contributed by atoms with Gasteiger partial charge in [-0.3, -0.25) is 4.79 Å². The van der Waals surface area contributed by atoms with Crippen LogP contribution >= 0.6 is 0 Å². The number of aromatic nitrogens is 2. The van der Waals surface area contributed by atoms with E-state index >= 15 is 0 Å². The van der Waals surface area contributed by atoms with Gasteiger partial charge in [-0.2, -0.15) is 0 Å². The van der Waals surface area contributed by atoms with Gasteiger partial charge in [0.05, 0.1) is 12.8 Å². The lowest BCUT2D eigenvalue weighted by molar-refractivity contribution is -0.122. The number of rotatable bonds is 5. The minimum Gasteiger partial charge on any atom is -0.495 e. The number of hydrogen-bond acceptors (Lipinski definition) is 5. The van der Waals surface area contributed by atoms with Crippen LogP contribution in [0.3, 0.4) is 0 Å². The van der Waals surface area contributed by atoms with Crippen LogP contribution in [0.15, 0.2) is 30.3 Å². The highest BCUT2D eigenvalue weighted by molar-refractivity contribution is 5.92. The fourth-order valence-electron chi connectivity index (χ4n) is 2.42. The first-order valence-electron chi connectivity index (χ1n) is 7.72. The molecule has 1 aliphatic carbocycles. The summed E-state index contributed by atoms with van der Waals surface area (Å²) in [5.41, 5.74) is 1.94. The van der Waals surface area contributed by atoms with Crippen LogP contribution < -0.4 is 15.4 Å². The number of aryl methyl sites for hydroxylation is 1. The fraction of sp³-hybridized carbons (Fsp3) is 0.353. The van der Waals surface area contributed by atoms with Gasteiger partial charge in [0, 0.05) is 5.92 Å². The van der Waals surface area contributed by atoms with Crippen molar-refractivity contribution in [2.24, 2.45) is 5.92 Å². The molecule has 120 valence electrons. The predicted octanol–water partition coefficient (Wildman–Crippen LogP) is 3.28. The van der Waals surface area contributed by atoms with E-state index in [1.165, 1.54) is 0 Å². The third-order valence-electron chi connectivity index (χ3n) is 4.01. The zero-order valence-electron chi connectivity index (χ0n) is 13.3. The molecule has 0 saturated heterocycles. The lowest BCUT2D eigenvalue weighted by Crippen LogP contribution is -2.28. The standard InChI is InChI=1S/C17H20N4O2/c1-11-6-7-14(23-2)13(10-11)18-15-8-9-16(21-20-15)19-17(22)12-4-3-5-12/h6-10,12H,3-5H2,1-2H3,(H,18,20)(H,19,21,22). The van der Waals surface area contributed by atoms with Crippen molar-refractivity contribution in [1.29, 1.82) is 0 Å². The molecule has 0 spiro atoms. The zero-order valence-corrected chi connectivity index (χ0v) is 13.3. The van der Waals surface area contributed by atoms with Gasteiger partial charge in [-0.15, -0.1) is 10.2 Å². The summed E-state index contributed by atoms with van der Waals surface area (Å²) in [5.74, 6) is 1.97. The summed E-state index contributed by atoms with van der Waals surface area (Å²) in [7, 11) is 1.63. The minimum absolute atomic E-state index is 0.0339. The molecule has 1 aromatic heterocycles. The van der Waals surface area contributed by atoms with E-state index in [1.54, 1.807) is 19.2 Å². The molecule has 0 aliphatic heterocycles. The van der Waals surface area contributed by atoms with Gasteiger partial charge >= 0.3 is 0 Å². The lowest BCUT2D eigenvalue weighted by Gasteiger charge is -2.23. The summed E-state index contributed by atoms with van der Waals surface area (Å²) < 4.78 is 5.33. The van der Waals surface area contributed by atoms with Gasteiger partial charge < -0.3 is 15.4 Å². The molecule has 0 bridgehead atoms. The second-order valence-electron chi connectivity index (χ2n) is 5.75. The number of hydrogen-bond donors (Lipinski definition) is 2. The maximum Gasteiger partial charge on any atom is 0.228 e. The van der Waals surface area contributed by atoms with Gasteiger partial charge in [0.25, 0.3) is 0 Å². The SMILES string of the molecule is COc1ccc(C)cc1Nc1ccc(NC(=O)C2CCC2)nn1. The Bertz CT molecular complexity index is 696. The van der Waals surface area contributed by atoms with E-state index in [-0.39, 0.29) is 11.8 Å². The van der Waals surface area contributed by atoms with Gasteiger partial charge in [0.2, 0.25) is 5.91 Å². The third kappa shape index (κ3) is 3.59. The Morgan fingerprint density at radius 3 is 2.52 bits per heavy atom. The topological polar surface area (TPSA) is 76.1 Å². The number of carbonyl (C=O) groups excluding carboxylic acids is 1. The van der Waals surface area contributed by atoms with E-state index in [0.29, 0.717) is 11.6 Å². The van der Waals surface area contributed by atoms with Gasteiger partial charge in [-0.1, -0.05) is 12.5 Å². The molecule has 3 rings (SSSR count). The average Bonchev–Trinajstić information content (AvgIpc) is 2.48. The number of benzene rings is 1. The first-order valence-corrected chi connectivity index (χ1v) is 7.72. The molecule has 0 radical (unpaired) electrons. The molecule has 1 saturated carbocycles. The molecule has 6 heteroatoms. The Labute approximate surface area is 135 Å². The Balaban J connectivity index is 1.67. The largest absolute Gasteiger partial charge is 0.495 e. The Morgan fingerprint density at radius 1 is 1.17 bits per heavy atom. The van der Waals surface area contributed by atoms with E-state index in [2.05, 4.69) is 20.8 Å². The Morgan fingerprint density at radius 2 is 1.91 bits per heavy atom. The quantitative estimate of drug-likeness (QED) is 0.886. The normalized spacial score (nSPS) is 14.0. The van der Waals surface area contributed by atoms with Crippen LogP contribution in [0, 0.1) is 12.8 Å². The van der Waals surface area contributed by atoms with E-state index in [0.717, 1.165) is 36.3 Å². The van der Waals surface area contributed by atoms with Crippen LogP contribution in [-0.4, -0.2) is 23.2 Å².